The SMILES string of the molecule is Cc1ccnc(Sc2ncncc2Br)n1. The first-order valence-corrected chi connectivity index (χ1v) is 5.79. The van der Waals surface area contributed by atoms with Crippen LogP contribution in [0.1, 0.15) is 5.69 Å². The highest BCUT2D eigenvalue weighted by Gasteiger charge is 2.05. The van der Waals surface area contributed by atoms with Gasteiger partial charge in [0, 0.05) is 18.1 Å². The molecular formula is C9H7BrN4S. The van der Waals surface area contributed by atoms with Gasteiger partial charge in [-0.3, -0.25) is 0 Å². The van der Waals surface area contributed by atoms with Gasteiger partial charge in [0.05, 0.1) is 4.47 Å². The molecule has 0 unspecified atom stereocenters. The molecule has 2 aromatic heterocycles. The van der Waals surface area contributed by atoms with Crippen molar-refractivity contribution in [2.75, 3.05) is 0 Å². The maximum atomic E-state index is 4.28. The molecule has 0 spiro atoms. The normalized spacial score (nSPS) is 10.3. The fraction of sp³-hybridized carbons (Fsp3) is 0.111. The van der Waals surface area contributed by atoms with E-state index in [1.165, 1.54) is 18.1 Å². The Hall–Kier alpha value is -1.01. The molecule has 6 heteroatoms. The summed E-state index contributed by atoms with van der Waals surface area (Å²) in [6.07, 6.45) is 4.94. The molecule has 2 heterocycles. The van der Waals surface area contributed by atoms with Crippen molar-refractivity contribution in [1.29, 1.82) is 0 Å². The molecule has 2 rings (SSSR count). The third-order valence-electron chi connectivity index (χ3n) is 1.59. The van der Waals surface area contributed by atoms with Gasteiger partial charge in [0.1, 0.15) is 11.4 Å². The van der Waals surface area contributed by atoms with E-state index in [9.17, 15) is 0 Å². The van der Waals surface area contributed by atoms with Gasteiger partial charge in [0.25, 0.3) is 0 Å². The van der Waals surface area contributed by atoms with Crippen LogP contribution in [-0.2, 0) is 0 Å². The first kappa shape index (κ1) is 10.5. The van der Waals surface area contributed by atoms with E-state index in [1.54, 1.807) is 12.4 Å². The summed E-state index contributed by atoms with van der Waals surface area (Å²) in [5.74, 6) is 0. The zero-order valence-corrected chi connectivity index (χ0v) is 10.3. The van der Waals surface area contributed by atoms with Gasteiger partial charge in [-0.15, -0.1) is 0 Å². The average molecular weight is 283 g/mol. The molecule has 0 saturated heterocycles. The third-order valence-corrected chi connectivity index (χ3v) is 3.34. The van der Waals surface area contributed by atoms with Crippen LogP contribution in [0.4, 0.5) is 0 Å². The second kappa shape index (κ2) is 4.67. The van der Waals surface area contributed by atoms with Crippen molar-refractivity contribution in [2.24, 2.45) is 0 Å². The zero-order chi connectivity index (χ0) is 10.7. The highest BCUT2D eigenvalue weighted by Crippen LogP contribution is 2.28. The van der Waals surface area contributed by atoms with Gasteiger partial charge >= 0.3 is 0 Å². The van der Waals surface area contributed by atoms with E-state index in [2.05, 4.69) is 35.9 Å². The number of halogens is 1. The number of aryl methyl sites for hydroxylation is 1. The van der Waals surface area contributed by atoms with Crippen LogP contribution in [0.25, 0.3) is 0 Å². The van der Waals surface area contributed by atoms with Crippen LogP contribution < -0.4 is 0 Å². The van der Waals surface area contributed by atoms with Gasteiger partial charge in [-0.1, -0.05) is 0 Å². The van der Waals surface area contributed by atoms with Gasteiger partial charge < -0.3 is 0 Å². The minimum atomic E-state index is 0.689. The van der Waals surface area contributed by atoms with Gasteiger partial charge in [0.2, 0.25) is 0 Å². The average Bonchev–Trinajstić information content (AvgIpc) is 2.22. The molecule has 4 nitrogen and oxygen atoms in total. The zero-order valence-electron chi connectivity index (χ0n) is 7.88. The lowest BCUT2D eigenvalue weighted by atomic mass is 10.5. The van der Waals surface area contributed by atoms with Crippen LogP contribution in [0, 0.1) is 6.92 Å². The fourth-order valence-corrected chi connectivity index (χ4v) is 2.13. The van der Waals surface area contributed by atoms with E-state index in [-0.39, 0.29) is 0 Å². The van der Waals surface area contributed by atoms with Crippen molar-refractivity contribution in [1.82, 2.24) is 19.9 Å². The lowest BCUT2D eigenvalue weighted by Gasteiger charge is -2.00. The van der Waals surface area contributed by atoms with E-state index < -0.39 is 0 Å². The van der Waals surface area contributed by atoms with Gasteiger partial charge in [0.15, 0.2) is 5.16 Å². The minimum Gasteiger partial charge on any atom is -0.244 e. The Balaban J connectivity index is 2.26. The topological polar surface area (TPSA) is 51.6 Å². The number of hydrogen-bond donors (Lipinski definition) is 0. The van der Waals surface area contributed by atoms with Crippen molar-refractivity contribution in [3.8, 4) is 0 Å². The monoisotopic (exact) mass is 282 g/mol. The number of nitrogens with zero attached hydrogens (tertiary/aromatic N) is 4. The van der Waals surface area contributed by atoms with Gasteiger partial charge in [-0.05, 0) is 40.7 Å². The number of aromatic nitrogens is 4. The summed E-state index contributed by atoms with van der Waals surface area (Å²) >= 11 is 4.78. The Labute approximate surface area is 99.7 Å². The van der Waals surface area contributed by atoms with E-state index >= 15 is 0 Å². The molecule has 76 valence electrons. The Kier molecular flexibility index (Phi) is 3.27. The number of hydrogen-bond acceptors (Lipinski definition) is 5. The van der Waals surface area contributed by atoms with E-state index in [1.807, 2.05) is 13.0 Å². The number of rotatable bonds is 2. The third kappa shape index (κ3) is 2.73. The molecule has 0 aliphatic rings. The molecule has 15 heavy (non-hydrogen) atoms. The van der Waals surface area contributed by atoms with Crippen LogP contribution in [-0.4, -0.2) is 19.9 Å². The highest BCUT2D eigenvalue weighted by molar-refractivity contribution is 9.10. The van der Waals surface area contributed by atoms with Gasteiger partial charge in [-0.2, -0.15) is 0 Å². The van der Waals surface area contributed by atoms with Crippen LogP contribution >= 0.6 is 27.7 Å². The van der Waals surface area contributed by atoms with Crippen molar-refractivity contribution in [3.63, 3.8) is 0 Å². The quantitative estimate of drug-likeness (QED) is 0.626. The summed E-state index contributed by atoms with van der Waals surface area (Å²) in [6.45, 7) is 1.93. The van der Waals surface area contributed by atoms with Gasteiger partial charge in [-0.25, -0.2) is 19.9 Å². The molecule has 2 aromatic rings. The Morgan fingerprint density at radius 1 is 1.33 bits per heavy atom. The van der Waals surface area contributed by atoms with Crippen molar-refractivity contribution < 1.29 is 0 Å². The molecule has 0 amide bonds. The van der Waals surface area contributed by atoms with Crippen molar-refractivity contribution >= 4 is 27.7 Å². The molecule has 0 aliphatic carbocycles. The van der Waals surface area contributed by atoms with Crippen molar-refractivity contribution in [3.05, 3.63) is 35.0 Å². The predicted octanol–water partition coefficient (Wildman–Crippen LogP) is 2.49. The summed E-state index contributed by atoms with van der Waals surface area (Å²) in [5.41, 5.74) is 0.942. The first-order valence-electron chi connectivity index (χ1n) is 4.19. The summed E-state index contributed by atoms with van der Waals surface area (Å²) < 4.78 is 0.847. The lowest BCUT2D eigenvalue weighted by molar-refractivity contribution is 0.923. The standard InChI is InChI=1S/C9H7BrN4S/c1-6-2-3-12-9(14-6)15-8-7(10)4-11-5-13-8/h2-5H,1H3. The largest absolute Gasteiger partial charge is 0.244 e. The van der Waals surface area contributed by atoms with E-state index in [0.29, 0.717) is 5.16 Å². The molecule has 0 bridgehead atoms. The smallest absolute Gasteiger partial charge is 0.194 e. The molecule has 0 N–H and O–H groups in total. The highest BCUT2D eigenvalue weighted by atomic mass is 79.9. The molecular weight excluding hydrogens is 276 g/mol. The fourth-order valence-electron chi connectivity index (χ4n) is 0.938. The molecule has 0 fully saturated rings. The van der Waals surface area contributed by atoms with E-state index in [0.717, 1.165) is 15.2 Å². The van der Waals surface area contributed by atoms with Crippen LogP contribution in [0.15, 0.2) is 39.4 Å². The second-order valence-electron chi connectivity index (χ2n) is 2.76. The molecule has 0 aliphatic heterocycles. The van der Waals surface area contributed by atoms with Crippen LogP contribution in [0.5, 0.6) is 0 Å². The summed E-state index contributed by atoms with van der Waals surface area (Å²) in [6, 6.07) is 1.86. The summed E-state index contributed by atoms with van der Waals surface area (Å²) in [7, 11) is 0. The maximum absolute atomic E-state index is 4.28. The van der Waals surface area contributed by atoms with Crippen LogP contribution in [0.3, 0.4) is 0 Å². The Morgan fingerprint density at radius 2 is 2.20 bits per heavy atom. The first-order chi connectivity index (χ1) is 7.25. The maximum Gasteiger partial charge on any atom is 0.194 e. The summed E-state index contributed by atoms with van der Waals surface area (Å²) in [5, 5.41) is 1.50. The van der Waals surface area contributed by atoms with Crippen LogP contribution in [0.2, 0.25) is 0 Å². The minimum absolute atomic E-state index is 0.689. The Bertz CT molecular complexity index is 477. The molecule has 0 saturated carbocycles. The second-order valence-corrected chi connectivity index (χ2v) is 4.57. The molecule has 0 atom stereocenters. The lowest BCUT2D eigenvalue weighted by Crippen LogP contribution is -1.90. The molecule has 0 radical (unpaired) electrons. The van der Waals surface area contributed by atoms with E-state index in [4.69, 9.17) is 0 Å². The molecule has 0 aromatic carbocycles. The Morgan fingerprint density at radius 3 is 2.93 bits per heavy atom. The summed E-state index contributed by atoms with van der Waals surface area (Å²) in [4.78, 5) is 16.4. The van der Waals surface area contributed by atoms with Crippen molar-refractivity contribution in [2.45, 2.75) is 17.1 Å². The predicted molar refractivity (Wildman–Crippen MR) is 60.6 cm³/mol.